The number of hydrogen-bond donors (Lipinski definition) is 1. The Labute approximate surface area is 226 Å². The fourth-order valence-corrected chi connectivity index (χ4v) is 6.61. The number of carbonyl (C=O) groups is 2. The first-order chi connectivity index (χ1) is 17.4. The second-order valence-electron chi connectivity index (χ2n) is 11.3. The Balaban J connectivity index is 1.91. The summed E-state index contributed by atoms with van der Waals surface area (Å²) in [4.78, 5) is 29.3. The van der Waals surface area contributed by atoms with Gasteiger partial charge in [0.05, 0.1) is 18.1 Å². The summed E-state index contributed by atoms with van der Waals surface area (Å²) in [5, 5.41) is 10.4. The average molecular weight is 530 g/mol. The minimum Gasteiger partial charge on any atom is -0.491 e. The molecule has 204 valence electrons. The van der Waals surface area contributed by atoms with Crippen molar-refractivity contribution >= 4 is 23.2 Å². The van der Waals surface area contributed by atoms with Crippen LogP contribution in [0.4, 0.5) is 0 Å². The van der Waals surface area contributed by atoms with Crippen LogP contribution < -0.4 is 4.74 Å². The summed E-state index contributed by atoms with van der Waals surface area (Å²) in [5.41, 5.74) is 2.67. The van der Waals surface area contributed by atoms with Crippen molar-refractivity contribution in [3.8, 4) is 5.75 Å². The summed E-state index contributed by atoms with van der Waals surface area (Å²) in [7, 11) is 1.37. The van der Waals surface area contributed by atoms with Gasteiger partial charge in [0.1, 0.15) is 18.4 Å². The minimum atomic E-state index is -0.559. The molecule has 0 spiro atoms. The van der Waals surface area contributed by atoms with Gasteiger partial charge in [0.2, 0.25) is 0 Å². The van der Waals surface area contributed by atoms with E-state index in [9.17, 15) is 14.7 Å². The number of aliphatic hydroxyl groups is 1. The molecule has 1 aromatic heterocycles. The molecule has 0 radical (unpaired) electrons. The summed E-state index contributed by atoms with van der Waals surface area (Å²) in [6.07, 6.45) is 2.65. The van der Waals surface area contributed by atoms with E-state index in [0.29, 0.717) is 17.8 Å². The summed E-state index contributed by atoms with van der Waals surface area (Å²) in [6.45, 7) is 15.2. The first-order valence-corrected chi connectivity index (χ1v) is 14.1. The van der Waals surface area contributed by atoms with E-state index in [1.54, 1.807) is 16.2 Å². The maximum absolute atomic E-state index is 13.5. The zero-order valence-corrected chi connectivity index (χ0v) is 24.5. The Morgan fingerprint density at radius 1 is 1.14 bits per heavy atom. The highest BCUT2D eigenvalue weighted by Crippen LogP contribution is 2.44. The maximum Gasteiger partial charge on any atom is 0.328 e. The van der Waals surface area contributed by atoms with Gasteiger partial charge in [0.15, 0.2) is 0 Å². The molecule has 1 saturated heterocycles. The Morgan fingerprint density at radius 3 is 2.38 bits per heavy atom. The van der Waals surface area contributed by atoms with E-state index in [0.717, 1.165) is 41.0 Å². The Morgan fingerprint density at radius 2 is 1.81 bits per heavy atom. The monoisotopic (exact) mass is 529 g/mol. The Hall–Kier alpha value is -2.38. The van der Waals surface area contributed by atoms with Crippen LogP contribution in [0.1, 0.15) is 91.5 Å². The fraction of sp³-hybridized carbons (Fsp3) is 0.600. The lowest BCUT2D eigenvalue weighted by Crippen LogP contribution is -2.41. The first-order valence-electron chi connectivity index (χ1n) is 13.3. The van der Waals surface area contributed by atoms with Crippen LogP contribution >= 0.6 is 11.3 Å². The number of benzene rings is 1. The molecule has 1 unspecified atom stereocenters. The van der Waals surface area contributed by atoms with Crippen molar-refractivity contribution < 1.29 is 24.2 Å². The number of ether oxygens (including phenoxy) is 2. The molecule has 37 heavy (non-hydrogen) atoms. The summed E-state index contributed by atoms with van der Waals surface area (Å²) in [5.74, 6) is 0.346. The number of esters is 1. The largest absolute Gasteiger partial charge is 0.491 e. The number of methoxy groups -OCH3 is 1. The molecule has 1 amide bonds. The molecule has 0 aliphatic carbocycles. The van der Waals surface area contributed by atoms with Gasteiger partial charge in [-0.1, -0.05) is 46.8 Å². The van der Waals surface area contributed by atoms with Gasteiger partial charge in [-0.3, -0.25) is 4.79 Å². The van der Waals surface area contributed by atoms with E-state index < -0.39 is 12.1 Å². The van der Waals surface area contributed by atoms with E-state index in [-0.39, 0.29) is 29.3 Å². The van der Waals surface area contributed by atoms with Gasteiger partial charge in [0.25, 0.3) is 5.91 Å². The molecule has 7 heteroatoms. The van der Waals surface area contributed by atoms with E-state index in [2.05, 4.69) is 32.0 Å². The van der Waals surface area contributed by atoms with Gasteiger partial charge in [-0.2, -0.15) is 0 Å². The third kappa shape index (κ3) is 5.88. The molecular formula is C30H43NO5S. The fourth-order valence-electron chi connectivity index (χ4n) is 5.13. The highest BCUT2D eigenvalue weighted by atomic mass is 32.1. The molecule has 6 nitrogen and oxygen atoms in total. The van der Waals surface area contributed by atoms with Gasteiger partial charge in [-0.15, -0.1) is 11.3 Å². The van der Waals surface area contributed by atoms with Gasteiger partial charge in [0, 0.05) is 16.8 Å². The molecule has 1 aliphatic rings. The van der Waals surface area contributed by atoms with E-state index >= 15 is 0 Å². The SMILES string of the molecule is CCC(CC)(c1ccc(OCC(O)C(C)(C)C)c(C)c1)c1cc(C)c(C(=O)N2CCC[C@@H]2C(=O)OC)s1. The van der Waals surface area contributed by atoms with Crippen LogP contribution in [0, 0.1) is 19.3 Å². The van der Waals surface area contributed by atoms with Gasteiger partial charge >= 0.3 is 5.97 Å². The van der Waals surface area contributed by atoms with Crippen LogP contribution in [-0.4, -0.2) is 54.3 Å². The van der Waals surface area contributed by atoms with Crippen molar-refractivity contribution in [2.24, 2.45) is 5.41 Å². The maximum atomic E-state index is 13.5. The number of rotatable bonds is 9. The topological polar surface area (TPSA) is 76.1 Å². The summed E-state index contributed by atoms with van der Waals surface area (Å²) >= 11 is 1.55. The predicted octanol–water partition coefficient (Wildman–Crippen LogP) is 6.03. The zero-order chi connectivity index (χ0) is 27.5. The molecule has 1 fully saturated rings. The van der Waals surface area contributed by atoms with Crippen LogP contribution in [0.15, 0.2) is 24.3 Å². The molecule has 0 bridgehead atoms. The first kappa shape index (κ1) is 29.2. The zero-order valence-electron chi connectivity index (χ0n) is 23.6. The molecule has 2 atom stereocenters. The van der Waals surface area contributed by atoms with Crippen LogP contribution in [0.25, 0.3) is 0 Å². The van der Waals surface area contributed by atoms with Gasteiger partial charge < -0.3 is 19.5 Å². The number of aryl methyl sites for hydroxylation is 2. The highest BCUT2D eigenvalue weighted by molar-refractivity contribution is 7.14. The third-order valence-corrected chi connectivity index (χ3v) is 9.33. The average Bonchev–Trinajstić information content (AvgIpc) is 3.50. The Bertz CT molecular complexity index is 1110. The molecular weight excluding hydrogens is 486 g/mol. The van der Waals surface area contributed by atoms with Gasteiger partial charge in [-0.25, -0.2) is 4.79 Å². The second kappa shape index (κ2) is 11.6. The summed E-state index contributed by atoms with van der Waals surface area (Å²) in [6, 6.07) is 7.93. The normalized spacial score (nSPS) is 17.1. The third-order valence-electron chi connectivity index (χ3n) is 7.90. The lowest BCUT2D eigenvalue weighted by atomic mass is 9.74. The van der Waals surface area contributed by atoms with Crippen molar-refractivity contribution in [1.82, 2.24) is 4.90 Å². The quantitative estimate of drug-likeness (QED) is 0.401. The van der Waals surface area contributed by atoms with Crippen LogP contribution in [0.2, 0.25) is 0 Å². The molecule has 1 N–H and O–H groups in total. The Kier molecular flexibility index (Phi) is 9.12. The smallest absolute Gasteiger partial charge is 0.328 e. The number of nitrogens with zero attached hydrogens (tertiary/aromatic N) is 1. The van der Waals surface area contributed by atoms with E-state index in [1.165, 1.54) is 12.7 Å². The number of amides is 1. The van der Waals surface area contributed by atoms with Crippen LogP contribution in [-0.2, 0) is 14.9 Å². The molecule has 1 aromatic carbocycles. The van der Waals surface area contributed by atoms with Crippen molar-refractivity contribution in [2.75, 3.05) is 20.3 Å². The van der Waals surface area contributed by atoms with Gasteiger partial charge in [-0.05, 0) is 73.8 Å². The van der Waals surface area contributed by atoms with Crippen LogP contribution in [0.5, 0.6) is 5.75 Å². The number of carbonyl (C=O) groups excluding carboxylic acids is 2. The second-order valence-corrected chi connectivity index (χ2v) is 12.3. The highest BCUT2D eigenvalue weighted by Gasteiger charge is 2.38. The minimum absolute atomic E-state index is 0.0832. The number of hydrogen-bond acceptors (Lipinski definition) is 6. The molecule has 0 saturated carbocycles. The van der Waals surface area contributed by atoms with Crippen molar-refractivity contribution in [1.29, 1.82) is 0 Å². The standard InChI is InChI=1S/C30H43NO5S/c1-9-30(10-2,21-13-14-23(19(3)16-21)36-18-24(32)29(5,6)7)25-17-20(4)26(37-25)27(33)31-15-11-12-22(31)28(34)35-8/h13-14,16-17,22,24,32H,9-12,15,18H2,1-8H3/t22-,24?/m1/s1. The predicted molar refractivity (Wildman–Crippen MR) is 149 cm³/mol. The molecule has 2 heterocycles. The molecule has 3 rings (SSSR count). The lowest BCUT2D eigenvalue weighted by molar-refractivity contribution is -0.145. The molecule has 2 aromatic rings. The number of likely N-dealkylation sites (tertiary alicyclic amines) is 1. The van der Waals surface area contributed by atoms with Crippen molar-refractivity contribution in [3.63, 3.8) is 0 Å². The number of aliphatic hydroxyl groups excluding tert-OH is 1. The number of thiophene rings is 1. The van der Waals surface area contributed by atoms with Crippen molar-refractivity contribution in [3.05, 3.63) is 50.7 Å². The van der Waals surface area contributed by atoms with Crippen molar-refractivity contribution in [2.45, 2.75) is 91.7 Å². The lowest BCUT2D eigenvalue weighted by Gasteiger charge is -2.32. The van der Waals surface area contributed by atoms with E-state index in [1.807, 2.05) is 40.7 Å². The summed E-state index contributed by atoms with van der Waals surface area (Å²) < 4.78 is 10.9. The van der Waals surface area contributed by atoms with E-state index in [4.69, 9.17) is 9.47 Å². The van der Waals surface area contributed by atoms with Crippen LogP contribution in [0.3, 0.4) is 0 Å². The molecule has 1 aliphatic heterocycles.